The average Bonchev–Trinajstić information content (AvgIpc) is 3.14. The molecule has 26 heavy (non-hydrogen) atoms. The Hall–Kier alpha value is -2.89. The van der Waals surface area contributed by atoms with Crippen LogP contribution < -0.4 is 4.74 Å². The topological polar surface area (TPSA) is 51.1 Å². The summed E-state index contributed by atoms with van der Waals surface area (Å²) in [5.74, 6) is 0.144. The predicted octanol–water partition coefficient (Wildman–Crippen LogP) is 3.49. The summed E-state index contributed by atoms with van der Waals surface area (Å²) in [5, 5.41) is 4.15. The Morgan fingerprint density at radius 2 is 2.08 bits per heavy atom. The summed E-state index contributed by atoms with van der Waals surface area (Å²) in [4.78, 5) is 19.7. The molecule has 136 valence electrons. The van der Waals surface area contributed by atoms with Crippen LogP contribution in [0.15, 0.2) is 53.7 Å². The first-order chi connectivity index (χ1) is 12.6. The molecule has 2 aromatic carbocycles. The molecule has 0 aliphatic carbocycles. The van der Waals surface area contributed by atoms with Gasteiger partial charge in [0.2, 0.25) is 0 Å². The highest BCUT2D eigenvalue weighted by molar-refractivity contribution is 6.01. The molecular formula is C20H21FN2O3. The van der Waals surface area contributed by atoms with Gasteiger partial charge >= 0.3 is 0 Å². The highest BCUT2D eigenvalue weighted by atomic mass is 19.1. The van der Waals surface area contributed by atoms with Crippen LogP contribution in [0.3, 0.4) is 0 Å². The van der Waals surface area contributed by atoms with E-state index in [0.717, 1.165) is 17.0 Å². The summed E-state index contributed by atoms with van der Waals surface area (Å²) in [6.07, 6.45) is 0.392. The van der Waals surface area contributed by atoms with Gasteiger partial charge in [-0.1, -0.05) is 11.2 Å². The lowest BCUT2D eigenvalue weighted by molar-refractivity contribution is 0.0435. The minimum atomic E-state index is -0.422. The number of hydrogen-bond donors (Lipinski definition) is 0. The van der Waals surface area contributed by atoms with E-state index < -0.39 is 5.82 Å². The standard InChI is InChI=1S/C20H21FN2O3/c1-3-23(20(24)15-5-4-6-16(21)11-15)13-18-12-19(22-26-18)14-7-9-17(25-2)10-8-14/h4-11,18H,3,12-13H2,1-2H3. The van der Waals surface area contributed by atoms with E-state index in [9.17, 15) is 9.18 Å². The fraction of sp³-hybridized carbons (Fsp3) is 0.300. The zero-order valence-corrected chi connectivity index (χ0v) is 14.8. The van der Waals surface area contributed by atoms with Crippen molar-refractivity contribution in [3.63, 3.8) is 0 Å². The maximum absolute atomic E-state index is 13.4. The zero-order valence-electron chi connectivity index (χ0n) is 14.8. The van der Waals surface area contributed by atoms with Gasteiger partial charge in [-0.25, -0.2) is 4.39 Å². The van der Waals surface area contributed by atoms with Crippen molar-refractivity contribution in [3.8, 4) is 5.75 Å². The van der Waals surface area contributed by atoms with Gasteiger partial charge in [-0.15, -0.1) is 0 Å². The lowest BCUT2D eigenvalue weighted by Crippen LogP contribution is -2.37. The molecule has 1 atom stereocenters. The Morgan fingerprint density at radius 1 is 1.31 bits per heavy atom. The van der Waals surface area contributed by atoms with Gasteiger partial charge in [0, 0.05) is 18.5 Å². The van der Waals surface area contributed by atoms with Crippen LogP contribution in [0.5, 0.6) is 5.75 Å². The lowest BCUT2D eigenvalue weighted by atomic mass is 10.0. The highest BCUT2D eigenvalue weighted by Gasteiger charge is 2.26. The Kier molecular flexibility index (Phi) is 5.51. The van der Waals surface area contributed by atoms with Crippen LogP contribution in [0, 0.1) is 5.82 Å². The van der Waals surface area contributed by atoms with Crippen LogP contribution in [-0.4, -0.2) is 42.8 Å². The molecule has 0 N–H and O–H groups in total. The molecule has 1 amide bonds. The van der Waals surface area contributed by atoms with E-state index in [-0.39, 0.29) is 12.0 Å². The number of nitrogens with zero attached hydrogens (tertiary/aromatic N) is 2. The Labute approximate surface area is 152 Å². The molecule has 0 spiro atoms. The van der Waals surface area contributed by atoms with Crippen molar-refractivity contribution in [2.75, 3.05) is 20.2 Å². The summed E-state index contributed by atoms with van der Waals surface area (Å²) in [6, 6.07) is 13.3. The van der Waals surface area contributed by atoms with Crippen LogP contribution in [-0.2, 0) is 4.84 Å². The van der Waals surface area contributed by atoms with Crippen LogP contribution in [0.25, 0.3) is 0 Å². The summed E-state index contributed by atoms with van der Waals surface area (Å²) < 4.78 is 18.5. The molecule has 3 rings (SSSR count). The van der Waals surface area contributed by atoms with E-state index in [4.69, 9.17) is 9.57 Å². The second-order valence-electron chi connectivity index (χ2n) is 6.05. The first-order valence-corrected chi connectivity index (χ1v) is 8.52. The number of amides is 1. The number of carbonyl (C=O) groups excluding carboxylic acids is 1. The third-order valence-electron chi connectivity index (χ3n) is 4.32. The monoisotopic (exact) mass is 356 g/mol. The molecular weight excluding hydrogens is 335 g/mol. The van der Waals surface area contributed by atoms with Gasteiger partial charge in [-0.05, 0) is 55.0 Å². The summed E-state index contributed by atoms with van der Waals surface area (Å²) in [6.45, 7) is 2.79. The van der Waals surface area contributed by atoms with Crippen molar-refractivity contribution in [3.05, 3.63) is 65.5 Å². The summed E-state index contributed by atoms with van der Waals surface area (Å²) in [5.41, 5.74) is 2.14. The molecule has 1 unspecified atom stereocenters. The molecule has 1 heterocycles. The molecule has 0 fully saturated rings. The van der Waals surface area contributed by atoms with Crippen molar-refractivity contribution < 1.29 is 18.8 Å². The minimum absolute atomic E-state index is 0.214. The molecule has 0 saturated heterocycles. The number of carbonyl (C=O) groups is 1. The Bertz CT molecular complexity index is 805. The van der Waals surface area contributed by atoms with Gasteiger partial charge in [0.1, 0.15) is 11.6 Å². The number of likely N-dealkylation sites (N-methyl/N-ethyl adjacent to an activating group) is 1. The summed E-state index contributed by atoms with van der Waals surface area (Å²) in [7, 11) is 1.62. The largest absolute Gasteiger partial charge is 0.497 e. The van der Waals surface area contributed by atoms with E-state index in [2.05, 4.69) is 5.16 Å². The first kappa shape index (κ1) is 17.9. The Balaban J connectivity index is 1.62. The quantitative estimate of drug-likeness (QED) is 0.796. The molecule has 6 heteroatoms. The first-order valence-electron chi connectivity index (χ1n) is 8.52. The smallest absolute Gasteiger partial charge is 0.254 e. The predicted molar refractivity (Wildman–Crippen MR) is 97.0 cm³/mol. The second-order valence-corrected chi connectivity index (χ2v) is 6.05. The maximum Gasteiger partial charge on any atom is 0.254 e. The van der Waals surface area contributed by atoms with Crippen molar-refractivity contribution in [1.82, 2.24) is 4.90 Å². The van der Waals surface area contributed by atoms with Crippen LogP contribution in [0.1, 0.15) is 29.3 Å². The van der Waals surface area contributed by atoms with Crippen LogP contribution in [0.2, 0.25) is 0 Å². The normalized spacial score (nSPS) is 16.0. The number of halogens is 1. The van der Waals surface area contributed by atoms with E-state index in [1.165, 1.54) is 18.2 Å². The average molecular weight is 356 g/mol. The van der Waals surface area contributed by atoms with Crippen LogP contribution >= 0.6 is 0 Å². The van der Waals surface area contributed by atoms with Gasteiger partial charge in [-0.2, -0.15) is 0 Å². The molecule has 1 aliphatic rings. The SMILES string of the molecule is CCN(CC1CC(c2ccc(OC)cc2)=NO1)C(=O)c1cccc(F)c1. The molecule has 1 aliphatic heterocycles. The number of benzene rings is 2. The fourth-order valence-electron chi connectivity index (χ4n) is 2.89. The van der Waals surface area contributed by atoms with Gasteiger partial charge in [0.25, 0.3) is 5.91 Å². The van der Waals surface area contributed by atoms with Gasteiger partial charge in [-0.3, -0.25) is 4.79 Å². The van der Waals surface area contributed by atoms with Gasteiger partial charge < -0.3 is 14.5 Å². The van der Waals surface area contributed by atoms with E-state index in [0.29, 0.717) is 25.1 Å². The molecule has 0 saturated carbocycles. The Morgan fingerprint density at radius 3 is 2.73 bits per heavy atom. The third-order valence-corrected chi connectivity index (χ3v) is 4.32. The van der Waals surface area contributed by atoms with Crippen LogP contribution in [0.4, 0.5) is 4.39 Å². The third kappa shape index (κ3) is 4.02. The lowest BCUT2D eigenvalue weighted by Gasteiger charge is -2.23. The van der Waals surface area contributed by atoms with Crippen molar-refractivity contribution in [2.24, 2.45) is 5.16 Å². The van der Waals surface area contributed by atoms with E-state index in [1.54, 1.807) is 18.1 Å². The summed E-state index contributed by atoms with van der Waals surface area (Å²) >= 11 is 0. The van der Waals surface area contributed by atoms with Crippen molar-refractivity contribution >= 4 is 11.6 Å². The number of methoxy groups -OCH3 is 1. The number of hydrogen-bond acceptors (Lipinski definition) is 4. The fourth-order valence-corrected chi connectivity index (χ4v) is 2.89. The van der Waals surface area contributed by atoms with Crippen molar-refractivity contribution in [1.29, 1.82) is 0 Å². The maximum atomic E-state index is 13.4. The second kappa shape index (κ2) is 7.99. The van der Waals surface area contributed by atoms with E-state index in [1.807, 2.05) is 31.2 Å². The molecule has 5 nitrogen and oxygen atoms in total. The van der Waals surface area contributed by atoms with Crippen molar-refractivity contribution in [2.45, 2.75) is 19.4 Å². The minimum Gasteiger partial charge on any atom is -0.497 e. The molecule has 2 aromatic rings. The zero-order chi connectivity index (χ0) is 18.5. The van der Waals surface area contributed by atoms with Gasteiger partial charge in [0.05, 0.1) is 19.4 Å². The highest BCUT2D eigenvalue weighted by Crippen LogP contribution is 2.20. The molecule has 0 bridgehead atoms. The van der Waals surface area contributed by atoms with E-state index >= 15 is 0 Å². The molecule has 0 radical (unpaired) electrons. The number of oxime groups is 1. The molecule has 0 aromatic heterocycles. The number of rotatable bonds is 6. The number of ether oxygens (including phenoxy) is 1. The van der Waals surface area contributed by atoms with Gasteiger partial charge in [0.15, 0.2) is 6.10 Å².